The number of hydrogen-bond donors (Lipinski definition) is 0. The molecule has 1 aromatic heterocycles. The van der Waals surface area contributed by atoms with Crippen LogP contribution in [0.3, 0.4) is 0 Å². The number of ether oxygens (including phenoxy) is 1. The molecule has 0 saturated carbocycles. The first-order valence-corrected chi connectivity index (χ1v) is 8.21. The average Bonchev–Trinajstić information content (AvgIpc) is 3.13. The van der Waals surface area contributed by atoms with Crippen LogP contribution in [0.5, 0.6) is 11.8 Å². The normalized spacial score (nSPS) is 10.5. The average molecular weight is 358 g/mol. The number of hydrogen-bond acceptors (Lipinski definition) is 5. The molecule has 0 aliphatic rings. The van der Waals surface area contributed by atoms with Gasteiger partial charge in [-0.1, -0.05) is 48.5 Å². The molecule has 0 saturated heterocycles. The molecule has 0 radical (unpaired) electrons. The van der Waals surface area contributed by atoms with Gasteiger partial charge in [0.25, 0.3) is 5.69 Å². The first-order valence-electron chi connectivity index (χ1n) is 8.21. The zero-order valence-electron chi connectivity index (χ0n) is 14.1. The van der Waals surface area contributed by atoms with Crippen molar-refractivity contribution in [2.24, 2.45) is 0 Å². The summed E-state index contributed by atoms with van der Waals surface area (Å²) < 4.78 is 7.47. The molecule has 0 atom stereocenters. The maximum atomic E-state index is 10.8. The molecule has 0 bridgehead atoms. The minimum Gasteiger partial charge on any atom is -0.424 e. The lowest BCUT2D eigenvalue weighted by Gasteiger charge is -2.06. The Labute approximate surface area is 154 Å². The molecule has 7 heteroatoms. The van der Waals surface area contributed by atoms with Crippen molar-refractivity contribution in [1.29, 1.82) is 0 Å². The number of nitro groups is 1. The summed E-state index contributed by atoms with van der Waals surface area (Å²) in [4.78, 5) is 14.9. The molecule has 0 aliphatic heterocycles. The lowest BCUT2D eigenvalue weighted by molar-refractivity contribution is -0.384. The number of non-ortho nitro benzene ring substituents is 1. The second-order valence-electron chi connectivity index (χ2n) is 5.68. The first-order chi connectivity index (χ1) is 13.2. The summed E-state index contributed by atoms with van der Waals surface area (Å²) in [7, 11) is 0. The van der Waals surface area contributed by atoms with Crippen molar-refractivity contribution in [3.05, 3.63) is 95.0 Å². The highest BCUT2D eigenvalue weighted by Gasteiger charge is 2.15. The molecule has 4 rings (SSSR count). The van der Waals surface area contributed by atoms with E-state index in [2.05, 4.69) is 10.1 Å². The van der Waals surface area contributed by atoms with Crippen molar-refractivity contribution in [1.82, 2.24) is 14.8 Å². The van der Waals surface area contributed by atoms with Crippen LogP contribution in [0.1, 0.15) is 0 Å². The monoisotopic (exact) mass is 358 g/mol. The summed E-state index contributed by atoms with van der Waals surface area (Å²) >= 11 is 0. The van der Waals surface area contributed by atoms with Crippen molar-refractivity contribution in [3.8, 4) is 28.8 Å². The Balaban J connectivity index is 1.74. The fraction of sp³-hybridized carbons (Fsp3) is 0. The second kappa shape index (κ2) is 7.09. The van der Waals surface area contributed by atoms with Gasteiger partial charge in [0.15, 0.2) is 5.82 Å². The Morgan fingerprint density at radius 3 is 2.11 bits per heavy atom. The van der Waals surface area contributed by atoms with E-state index < -0.39 is 4.92 Å². The summed E-state index contributed by atoms with van der Waals surface area (Å²) in [6.45, 7) is 0. The maximum absolute atomic E-state index is 10.8. The van der Waals surface area contributed by atoms with Gasteiger partial charge >= 0.3 is 6.01 Å². The lowest BCUT2D eigenvalue weighted by atomic mass is 10.2. The van der Waals surface area contributed by atoms with E-state index in [1.165, 1.54) is 24.3 Å². The van der Waals surface area contributed by atoms with Crippen LogP contribution in [0.4, 0.5) is 5.69 Å². The van der Waals surface area contributed by atoms with E-state index in [0.717, 1.165) is 11.3 Å². The van der Waals surface area contributed by atoms with Crippen LogP contribution in [0.25, 0.3) is 17.1 Å². The van der Waals surface area contributed by atoms with E-state index in [1.54, 1.807) is 4.68 Å². The lowest BCUT2D eigenvalue weighted by Crippen LogP contribution is -2.00. The molecule has 7 nitrogen and oxygen atoms in total. The topological polar surface area (TPSA) is 83.1 Å². The molecule has 0 spiro atoms. The summed E-state index contributed by atoms with van der Waals surface area (Å²) in [5.41, 5.74) is 1.65. The molecule has 132 valence electrons. The highest BCUT2D eigenvalue weighted by atomic mass is 16.6. The van der Waals surface area contributed by atoms with E-state index in [4.69, 9.17) is 4.74 Å². The molecule has 0 unspecified atom stereocenters. The third-order valence-electron chi connectivity index (χ3n) is 3.87. The maximum Gasteiger partial charge on any atom is 0.325 e. The SMILES string of the molecule is O=[N+]([O-])c1ccc(Oc2nc(-c3ccccc3)nn2-c2ccccc2)cc1. The summed E-state index contributed by atoms with van der Waals surface area (Å²) in [6.07, 6.45) is 0. The van der Waals surface area contributed by atoms with E-state index in [0.29, 0.717) is 11.6 Å². The van der Waals surface area contributed by atoms with Gasteiger partial charge in [-0.05, 0) is 24.3 Å². The number of aromatic nitrogens is 3. The third-order valence-corrected chi connectivity index (χ3v) is 3.87. The molecule has 3 aromatic carbocycles. The summed E-state index contributed by atoms with van der Waals surface area (Å²) in [5, 5.41) is 15.4. The van der Waals surface area contributed by atoms with Gasteiger partial charge in [0.1, 0.15) is 5.75 Å². The van der Waals surface area contributed by atoms with Crippen LogP contribution in [0.15, 0.2) is 84.9 Å². The van der Waals surface area contributed by atoms with Gasteiger partial charge in [-0.3, -0.25) is 10.1 Å². The van der Waals surface area contributed by atoms with Gasteiger partial charge < -0.3 is 4.74 Å². The van der Waals surface area contributed by atoms with Crippen molar-refractivity contribution in [3.63, 3.8) is 0 Å². The van der Waals surface area contributed by atoms with Gasteiger partial charge in [0.05, 0.1) is 10.6 Å². The molecule has 1 heterocycles. The van der Waals surface area contributed by atoms with Crippen molar-refractivity contribution in [2.45, 2.75) is 0 Å². The van der Waals surface area contributed by atoms with Gasteiger partial charge in [-0.2, -0.15) is 9.67 Å². The molecule has 0 fully saturated rings. The van der Waals surface area contributed by atoms with Crippen LogP contribution in [0, 0.1) is 10.1 Å². The minimum atomic E-state index is -0.455. The smallest absolute Gasteiger partial charge is 0.325 e. The number of para-hydroxylation sites is 1. The quantitative estimate of drug-likeness (QED) is 0.383. The Bertz CT molecular complexity index is 1060. The van der Waals surface area contributed by atoms with Crippen LogP contribution in [-0.4, -0.2) is 19.7 Å². The van der Waals surface area contributed by atoms with Crippen molar-refractivity contribution < 1.29 is 9.66 Å². The third kappa shape index (κ3) is 3.52. The zero-order valence-corrected chi connectivity index (χ0v) is 14.1. The number of benzene rings is 3. The first kappa shape index (κ1) is 16.5. The summed E-state index contributed by atoms with van der Waals surface area (Å²) in [6, 6.07) is 25.2. The van der Waals surface area contributed by atoms with Crippen LogP contribution in [0.2, 0.25) is 0 Å². The minimum absolute atomic E-state index is 0.00292. The van der Waals surface area contributed by atoms with E-state index in [1.807, 2.05) is 60.7 Å². The largest absolute Gasteiger partial charge is 0.424 e. The van der Waals surface area contributed by atoms with Crippen molar-refractivity contribution in [2.75, 3.05) is 0 Å². The Hall–Kier alpha value is -4.00. The Morgan fingerprint density at radius 1 is 0.852 bits per heavy atom. The number of nitrogens with zero attached hydrogens (tertiary/aromatic N) is 4. The Kier molecular flexibility index (Phi) is 4.32. The molecule has 0 aliphatic carbocycles. The van der Waals surface area contributed by atoms with E-state index in [9.17, 15) is 10.1 Å². The van der Waals surface area contributed by atoms with Crippen LogP contribution in [-0.2, 0) is 0 Å². The van der Waals surface area contributed by atoms with E-state index in [-0.39, 0.29) is 11.7 Å². The van der Waals surface area contributed by atoms with Gasteiger partial charge in [0.2, 0.25) is 0 Å². The van der Waals surface area contributed by atoms with Gasteiger partial charge in [0, 0.05) is 17.7 Å². The molecular formula is C20H14N4O3. The second-order valence-corrected chi connectivity index (χ2v) is 5.68. The predicted molar refractivity (Wildman–Crippen MR) is 100.0 cm³/mol. The fourth-order valence-electron chi connectivity index (χ4n) is 2.55. The van der Waals surface area contributed by atoms with Gasteiger partial charge in [-0.25, -0.2) is 0 Å². The number of nitro benzene ring substituents is 1. The highest BCUT2D eigenvalue weighted by Crippen LogP contribution is 2.27. The zero-order chi connectivity index (χ0) is 18.6. The molecule has 4 aromatic rings. The Morgan fingerprint density at radius 2 is 1.48 bits per heavy atom. The molecular weight excluding hydrogens is 344 g/mol. The predicted octanol–water partition coefficient (Wildman–Crippen LogP) is 4.63. The van der Waals surface area contributed by atoms with E-state index >= 15 is 0 Å². The number of rotatable bonds is 5. The van der Waals surface area contributed by atoms with Gasteiger partial charge in [-0.15, -0.1) is 5.10 Å². The standard InChI is InChI=1S/C20H14N4O3/c25-24(26)17-11-13-18(14-12-17)27-20-21-19(15-7-3-1-4-8-15)22-23(20)16-9-5-2-6-10-16/h1-14H. The molecule has 0 N–H and O–H groups in total. The summed E-state index contributed by atoms with van der Waals surface area (Å²) in [5.74, 6) is 0.959. The fourth-order valence-corrected chi connectivity index (χ4v) is 2.55. The highest BCUT2D eigenvalue weighted by molar-refractivity contribution is 5.55. The van der Waals surface area contributed by atoms with Crippen molar-refractivity contribution >= 4 is 5.69 Å². The molecule has 0 amide bonds. The molecule has 27 heavy (non-hydrogen) atoms. The van der Waals surface area contributed by atoms with Crippen LogP contribution >= 0.6 is 0 Å². The van der Waals surface area contributed by atoms with Crippen LogP contribution < -0.4 is 4.74 Å².